The van der Waals surface area contributed by atoms with E-state index in [9.17, 15) is 14.7 Å². The molecule has 1 fully saturated rings. The Balaban J connectivity index is 1.83. The first-order chi connectivity index (χ1) is 11.4. The number of anilines is 1. The standard InChI is InChI=1S/C17H26N4O3/c1-12(2)18-17(24)19-16(23)13(3)20-8-10-21(11-9-20)14-4-6-15(22)7-5-14/h4-7,12-13,22H,8-11H2,1-3H3,(H2,18,19,23,24). The molecule has 132 valence electrons. The van der Waals surface area contributed by atoms with Gasteiger partial charge in [0.25, 0.3) is 0 Å². The second-order valence-electron chi connectivity index (χ2n) is 6.33. The molecule has 0 aliphatic carbocycles. The molecule has 3 N–H and O–H groups in total. The third-order valence-electron chi connectivity index (χ3n) is 4.11. The molecule has 1 aromatic carbocycles. The van der Waals surface area contributed by atoms with E-state index in [0.717, 1.165) is 31.9 Å². The number of phenolic OH excluding ortho intramolecular Hbond substituents is 1. The fraction of sp³-hybridized carbons (Fsp3) is 0.529. The fourth-order valence-corrected chi connectivity index (χ4v) is 2.71. The molecule has 0 saturated carbocycles. The second kappa shape index (κ2) is 8.01. The lowest BCUT2D eigenvalue weighted by molar-refractivity contribution is -0.124. The molecule has 0 aromatic heterocycles. The van der Waals surface area contributed by atoms with Crippen LogP contribution in [-0.4, -0.2) is 60.2 Å². The van der Waals surface area contributed by atoms with Crippen LogP contribution in [0.1, 0.15) is 20.8 Å². The zero-order valence-corrected chi connectivity index (χ0v) is 14.5. The number of amides is 3. The number of hydrogen-bond donors (Lipinski definition) is 3. The highest BCUT2D eigenvalue weighted by molar-refractivity contribution is 5.96. The van der Waals surface area contributed by atoms with Gasteiger partial charge in [-0.2, -0.15) is 0 Å². The summed E-state index contributed by atoms with van der Waals surface area (Å²) in [4.78, 5) is 28.1. The molecule has 2 rings (SSSR count). The molecule has 24 heavy (non-hydrogen) atoms. The number of carbonyl (C=O) groups is 2. The number of urea groups is 1. The molecule has 1 aliphatic heterocycles. The first-order valence-corrected chi connectivity index (χ1v) is 8.26. The number of carbonyl (C=O) groups excluding carboxylic acids is 2. The summed E-state index contributed by atoms with van der Waals surface area (Å²) in [6.45, 7) is 8.56. The van der Waals surface area contributed by atoms with Gasteiger partial charge in [-0.3, -0.25) is 15.0 Å². The van der Waals surface area contributed by atoms with E-state index in [2.05, 4.69) is 20.4 Å². The summed E-state index contributed by atoms with van der Waals surface area (Å²) < 4.78 is 0. The lowest BCUT2D eigenvalue weighted by Crippen LogP contribution is -2.55. The Morgan fingerprint density at radius 2 is 1.62 bits per heavy atom. The molecular formula is C17H26N4O3. The molecule has 3 amide bonds. The topological polar surface area (TPSA) is 84.9 Å². The number of piperazine rings is 1. The van der Waals surface area contributed by atoms with Crippen molar-refractivity contribution >= 4 is 17.6 Å². The Morgan fingerprint density at radius 3 is 2.17 bits per heavy atom. The monoisotopic (exact) mass is 334 g/mol. The van der Waals surface area contributed by atoms with Crippen molar-refractivity contribution in [3.8, 4) is 5.75 Å². The van der Waals surface area contributed by atoms with Crippen LogP contribution < -0.4 is 15.5 Å². The number of phenols is 1. The zero-order valence-electron chi connectivity index (χ0n) is 14.5. The van der Waals surface area contributed by atoms with Gasteiger partial charge in [-0.05, 0) is 45.0 Å². The van der Waals surface area contributed by atoms with E-state index in [1.54, 1.807) is 12.1 Å². The lowest BCUT2D eigenvalue weighted by Gasteiger charge is -2.38. The van der Waals surface area contributed by atoms with Gasteiger partial charge in [0, 0.05) is 37.9 Å². The molecule has 1 heterocycles. The Bertz CT molecular complexity index is 566. The van der Waals surface area contributed by atoms with E-state index in [-0.39, 0.29) is 23.7 Å². The van der Waals surface area contributed by atoms with Crippen LogP contribution in [0.5, 0.6) is 5.75 Å². The van der Waals surface area contributed by atoms with Crippen molar-refractivity contribution in [1.29, 1.82) is 0 Å². The van der Waals surface area contributed by atoms with Gasteiger partial charge in [-0.15, -0.1) is 0 Å². The quantitative estimate of drug-likeness (QED) is 0.769. The molecule has 7 nitrogen and oxygen atoms in total. The van der Waals surface area contributed by atoms with Crippen molar-refractivity contribution in [2.75, 3.05) is 31.1 Å². The highest BCUT2D eigenvalue weighted by Gasteiger charge is 2.26. The predicted octanol–water partition coefficient (Wildman–Crippen LogP) is 1.14. The first kappa shape index (κ1) is 18.1. The van der Waals surface area contributed by atoms with Crippen LogP contribution in [0.4, 0.5) is 10.5 Å². The molecule has 0 spiro atoms. The minimum atomic E-state index is -0.454. The van der Waals surface area contributed by atoms with E-state index in [1.807, 2.05) is 32.9 Å². The Hall–Kier alpha value is -2.28. The number of benzene rings is 1. The van der Waals surface area contributed by atoms with Gasteiger partial charge in [-0.25, -0.2) is 4.79 Å². The number of nitrogens with one attached hydrogen (secondary N) is 2. The van der Waals surface area contributed by atoms with E-state index < -0.39 is 6.03 Å². The van der Waals surface area contributed by atoms with E-state index in [1.165, 1.54) is 0 Å². The van der Waals surface area contributed by atoms with Crippen LogP contribution in [-0.2, 0) is 4.79 Å². The van der Waals surface area contributed by atoms with Crippen molar-refractivity contribution < 1.29 is 14.7 Å². The van der Waals surface area contributed by atoms with E-state index in [0.29, 0.717) is 0 Å². The van der Waals surface area contributed by atoms with E-state index >= 15 is 0 Å². The van der Waals surface area contributed by atoms with Crippen LogP contribution >= 0.6 is 0 Å². The van der Waals surface area contributed by atoms with Crippen molar-refractivity contribution in [3.05, 3.63) is 24.3 Å². The van der Waals surface area contributed by atoms with Gasteiger partial charge < -0.3 is 15.3 Å². The van der Waals surface area contributed by atoms with Crippen molar-refractivity contribution in [1.82, 2.24) is 15.5 Å². The summed E-state index contributed by atoms with van der Waals surface area (Å²) in [5.41, 5.74) is 1.06. The average molecular weight is 334 g/mol. The summed E-state index contributed by atoms with van der Waals surface area (Å²) in [5.74, 6) is -0.0337. The van der Waals surface area contributed by atoms with Gasteiger partial charge >= 0.3 is 6.03 Å². The van der Waals surface area contributed by atoms with Crippen molar-refractivity contribution in [2.45, 2.75) is 32.9 Å². The highest BCUT2D eigenvalue weighted by Crippen LogP contribution is 2.20. The Labute approximate surface area is 142 Å². The van der Waals surface area contributed by atoms with Gasteiger partial charge in [0.15, 0.2) is 0 Å². The minimum Gasteiger partial charge on any atom is -0.508 e. The summed E-state index contributed by atoms with van der Waals surface area (Å²) in [5, 5.41) is 14.4. The minimum absolute atomic E-state index is 0.0121. The predicted molar refractivity (Wildman–Crippen MR) is 93.2 cm³/mol. The lowest BCUT2D eigenvalue weighted by atomic mass is 10.2. The summed E-state index contributed by atoms with van der Waals surface area (Å²) >= 11 is 0. The second-order valence-corrected chi connectivity index (χ2v) is 6.33. The number of imide groups is 1. The average Bonchev–Trinajstić information content (AvgIpc) is 2.54. The van der Waals surface area contributed by atoms with Gasteiger partial charge in [-0.1, -0.05) is 0 Å². The third kappa shape index (κ3) is 4.86. The van der Waals surface area contributed by atoms with Crippen LogP contribution in [0.2, 0.25) is 0 Å². The third-order valence-corrected chi connectivity index (χ3v) is 4.11. The maximum Gasteiger partial charge on any atom is 0.321 e. The summed E-state index contributed by atoms with van der Waals surface area (Å²) in [6.07, 6.45) is 0. The summed E-state index contributed by atoms with van der Waals surface area (Å²) in [6, 6.07) is 6.29. The van der Waals surface area contributed by atoms with Crippen LogP contribution in [0.3, 0.4) is 0 Å². The Morgan fingerprint density at radius 1 is 1.04 bits per heavy atom. The number of rotatable bonds is 4. The van der Waals surface area contributed by atoms with Gasteiger partial charge in [0.2, 0.25) is 5.91 Å². The van der Waals surface area contributed by atoms with Crippen LogP contribution in [0, 0.1) is 0 Å². The largest absolute Gasteiger partial charge is 0.508 e. The normalized spacial score (nSPS) is 16.8. The van der Waals surface area contributed by atoms with Gasteiger partial charge in [0.1, 0.15) is 5.75 Å². The molecule has 1 aliphatic rings. The molecule has 1 atom stereocenters. The van der Waals surface area contributed by atoms with Crippen LogP contribution in [0.15, 0.2) is 24.3 Å². The van der Waals surface area contributed by atoms with E-state index in [4.69, 9.17) is 0 Å². The first-order valence-electron chi connectivity index (χ1n) is 8.26. The Kier molecular flexibility index (Phi) is 6.03. The molecule has 0 radical (unpaired) electrons. The molecule has 1 aromatic rings. The molecular weight excluding hydrogens is 308 g/mol. The maximum absolute atomic E-state index is 12.2. The maximum atomic E-state index is 12.2. The smallest absolute Gasteiger partial charge is 0.321 e. The molecule has 7 heteroatoms. The van der Waals surface area contributed by atoms with Crippen LogP contribution in [0.25, 0.3) is 0 Å². The van der Waals surface area contributed by atoms with Crippen molar-refractivity contribution in [2.24, 2.45) is 0 Å². The molecule has 1 saturated heterocycles. The SMILES string of the molecule is CC(C)NC(=O)NC(=O)C(C)N1CCN(c2ccc(O)cc2)CC1. The number of hydrogen-bond acceptors (Lipinski definition) is 5. The number of nitrogens with zero attached hydrogens (tertiary/aromatic N) is 2. The molecule has 0 bridgehead atoms. The highest BCUT2D eigenvalue weighted by atomic mass is 16.3. The number of aromatic hydroxyl groups is 1. The summed E-state index contributed by atoms with van der Waals surface area (Å²) in [7, 11) is 0. The van der Waals surface area contributed by atoms with Gasteiger partial charge in [0.05, 0.1) is 6.04 Å². The fourth-order valence-electron chi connectivity index (χ4n) is 2.71. The van der Waals surface area contributed by atoms with Crippen molar-refractivity contribution in [3.63, 3.8) is 0 Å². The zero-order chi connectivity index (χ0) is 17.7. The molecule has 1 unspecified atom stereocenters.